The van der Waals surface area contributed by atoms with Crippen LogP contribution in [0.3, 0.4) is 0 Å². The van der Waals surface area contributed by atoms with Crippen LogP contribution < -0.4 is 0 Å². The minimum absolute atomic E-state index is 0.0984. The lowest BCUT2D eigenvalue weighted by Gasteiger charge is -2.19. The van der Waals surface area contributed by atoms with Gasteiger partial charge in [-0.05, 0) is 31.5 Å². The van der Waals surface area contributed by atoms with Crippen molar-refractivity contribution in [3.8, 4) is 0 Å². The summed E-state index contributed by atoms with van der Waals surface area (Å²) in [6, 6.07) is 7.58. The number of nitrogens with zero attached hydrogens (tertiary/aromatic N) is 2. The van der Waals surface area contributed by atoms with Crippen molar-refractivity contribution >= 4 is 17.4 Å². The van der Waals surface area contributed by atoms with E-state index in [4.69, 9.17) is 0 Å². The molecule has 104 valence electrons. The van der Waals surface area contributed by atoms with Crippen LogP contribution in [0.2, 0.25) is 0 Å². The van der Waals surface area contributed by atoms with Crippen molar-refractivity contribution in [3.05, 3.63) is 42.2 Å². The summed E-state index contributed by atoms with van der Waals surface area (Å²) in [7, 11) is 0. The van der Waals surface area contributed by atoms with Crippen molar-refractivity contribution in [1.29, 1.82) is 0 Å². The monoisotopic (exact) mass is 272 g/mol. The molecule has 0 aromatic carbocycles. The molecule has 1 fully saturated rings. The summed E-state index contributed by atoms with van der Waals surface area (Å²) in [4.78, 5) is 25.3. The number of aliphatic carboxylic acids is 1. The predicted molar refractivity (Wildman–Crippen MR) is 73.7 cm³/mol. The van der Waals surface area contributed by atoms with Crippen molar-refractivity contribution in [3.63, 3.8) is 0 Å². The van der Waals surface area contributed by atoms with E-state index in [0.29, 0.717) is 18.5 Å². The van der Waals surface area contributed by atoms with Crippen LogP contribution in [0.15, 0.2) is 36.7 Å². The van der Waals surface area contributed by atoms with Crippen LogP contribution in [0.5, 0.6) is 0 Å². The number of amides is 1. The number of carbonyl (C=O) groups is 2. The summed E-state index contributed by atoms with van der Waals surface area (Å²) in [5, 5.41) is 9.21. The number of carboxylic acid groups (broad SMARTS) is 1. The summed E-state index contributed by atoms with van der Waals surface area (Å²) in [5.41, 5.74) is 0.733. The molecule has 1 aliphatic rings. The van der Waals surface area contributed by atoms with Gasteiger partial charge in [0.2, 0.25) is 0 Å². The summed E-state index contributed by atoms with van der Waals surface area (Å²) in [5.74, 6) is -0.937. The predicted octanol–water partition coefficient (Wildman–Crippen LogP) is 1.88. The molecule has 0 bridgehead atoms. The fraction of sp³-hybridized carbons (Fsp3) is 0.333. The fourth-order valence-electron chi connectivity index (χ4n) is 2.66. The Hall–Kier alpha value is -2.30. The van der Waals surface area contributed by atoms with Gasteiger partial charge in [0, 0.05) is 31.0 Å². The fourth-order valence-corrected chi connectivity index (χ4v) is 2.66. The molecule has 1 atom stereocenters. The third-order valence-corrected chi connectivity index (χ3v) is 4.03. The zero-order valence-electron chi connectivity index (χ0n) is 11.2. The minimum atomic E-state index is -0.838. The van der Waals surface area contributed by atoms with Gasteiger partial charge in [0.1, 0.15) is 0 Å². The molecule has 1 aliphatic heterocycles. The molecule has 1 N–H and O–H groups in total. The quantitative estimate of drug-likeness (QED) is 0.908. The number of likely N-dealkylation sites (tertiary alicyclic amines) is 1. The smallest absolute Gasteiger partial charge is 0.311 e. The number of pyridine rings is 1. The van der Waals surface area contributed by atoms with Crippen molar-refractivity contribution in [2.45, 2.75) is 13.3 Å². The van der Waals surface area contributed by atoms with E-state index >= 15 is 0 Å². The van der Waals surface area contributed by atoms with Gasteiger partial charge in [-0.3, -0.25) is 9.59 Å². The van der Waals surface area contributed by atoms with Gasteiger partial charge in [0.05, 0.1) is 11.0 Å². The van der Waals surface area contributed by atoms with Crippen molar-refractivity contribution in [2.24, 2.45) is 5.41 Å². The topological polar surface area (TPSA) is 62.0 Å². The Kier molecular flexibility index (Phi) is 2.78. The Labute approximate surface area is 116 Å². The highest BCUT2D eigenvalue weighted by atomic mass is 16.4. The molecule has 3 rings (SSSR count). The van der Waals surface area contributed by atoms with E-state index in [-0.39, 0.29) is 12.5 Å². The van der Waals surface area contributed by atoms with Crippen LogP contribution >= 0.6 is 0 Å². The first kappa shape index (κ1) is 12.7. The molecule has 5 nitrogen and oxygen atoms in total. The SMILES string of the molecule is CC1(C(=O)O)CCN(C(=O)c2cc3ccccn3c2)C1. The Balaban J connectivity index is 1.85. The third-order valence-electron chi connectivity index (χ3n) is 4.03. The van der Waals surface area contributed by atoms with Gasteiger partial charge in [-0.15, -0.1) is 0 Å². The van der Waals surface area contributed by atoms with Crippen molar-refractivity contribution < 1.29 is 14.7 Å². The van der Waals surface area contributed by atoms with Crippen LogP contribution in [-0.2, 0) is 4.79 Å². The van der Waals surface area contributed by atoms with Gasteiger partial charge < -0.3 is 14.4 Å². The van der Waals surface area contributed by atoms with Crippen LogP contribution in [-0.4, -0.2) is 39.4 Å². The summed E-state index contributed by atoms with van der Waals surface area (Å²) in [6.07, 6.45) is 4.17. The van der Waals surface area contributed by atoms with Gasteiger partial charge in [0.25, 0.3) is 5.91 Å². The molecule has 2 aromatic rings. The number of hydrogen-bond acceptors (Lipinski definition) is 2. The van der Waals surface area contributed by atoms with Crippen molar-refractivity contribution in [1.82, 2.24) is 9.30 Å². The Morgan fingerprint density at radius 3 is 2.80 bits per heavy atom. The molecule has 1 amide bonds. The van der Waals surface area contributed by atoms with Crippen LogP contribution in [0.4, 0.5) is 0 Å². The number of fused-ring (bicyclic) bond motifs is 1. The van der Waals surface area contributed by atoms with Gasteiger partial charge in [-0.25, -0.2) is 0 Å². The van der Waals surface area contributed by atoms with E-state index in [1.165, 1.54) is 0 Å². The van der Waals surface area contributed by atoms with Crippen LogP contribution in [0.1, 0.15) is 23.7 Å². The number of rotatable bonds is 2. The maximum Gasteiger partial charge on any atom is 0.311 e. The second-order valence-corrected chi connectivity index (χ2v) is 5.60. The zero-order chi connectivity index (χ0) is 14.3. The molecule has 0 aliphatic carbocycles. The number of aromatic nitrogens is 1. The van der Waals surface area contributed by atoms with E-state index in [1.807, 2.05) is 34.9 Å². The summed E-state index contributed by atoms with van der Waals surface area (Å²) < 4.78 is 1.89. The Morgan fingerprint density at radius 1 is 1.35 bits per heavy atom. The van der Waals surface area contributed by atoms with Gasteiger partial charge in [-0.1, -0.05) is 6.07 Å². The summed E-state index contributed by atoms with van der Waals surface area (Å²) >= 11 is 0. The maximum atomic E-state index is 12.4. The zero-order valence-corrected chi connectivity index (χ0v) is 11.2. The molecule has 0 saturated carbocycles. The standard InChI is InChI=1S/C15H16N2O3/c1-15(14(19)20)5-7-17(10-15)13(18)11-8-12-4-2-3-6-16(12)9-11/h2-4,6,8-9H,5,7,10H2,1H3,(H,19,20). The molecule has 1 saturated heterocycles. The largest absolute Gasteiger partial charge is 0.481 e. The van der Waals surface area contributed by atoms with E-state index in [2.05, 4.69) is 0 Å². The van der Waals surface area contributed by atoms with Crippen molar-refractivity contribution in [2.75, 3.05) is 13.1 Å². The first-order chi connectivity index (χ1) is 9.49. The lowest BCUT2D eigenvalue weighted by Crippen LogP contribution is -2.34. The molecule has 1 unspecified atom stereocenters. The molecule has 2 aromatic heterocycles. The number of carboxylic acids is 1. The van der Waals surface area contributed by atoms with E-state index in [0.717, 1.165) is 5.52 Å². The Morgan fingerprint density at radius 2 is 2.15 bits per heavy atom. The second kappa shape index (κ2) is 4.37. The third kappa shape index (κ3) is 1.95. The number of hydrogen-bond donors (Lipinski definition) is 1. The first-order valence-corrected chi connectivity index (χ1v) is 6.59. The van der Waals surface area contributed by atoms with Crippen LogP contribution in [0, 0.1) is 5.41 Å². The van der Waals surface area contributed by atoms with Gasteiger partial charge in [0.15, 0.2) is 0 Å². The van der Waals surface area contributed by atoms with Gasteiger partial charge >= 0.3 is 5.97 Å². The average Bonchev–Trinajstić information content (AvgIpc) is 3.02. The summed E-state index contributed by atoms with van der Waals surface area (Å²) in [6.45, 7) is 2.46. The maximum absolute atomic E-state index is 12.4. The second-order valence-electron chi connectivity index (χ2n) is 5.60. The molecule has 0 radical (unpaired) electrons. The first-order valence-electron chi connectivity index (χ1n) is 6.59. The van der Waals surface area contributed by atoms with E-state index in [9.17, 15) is 14.7 Å². The molecule has 5 heteroatoms. The van der Waals surface area contributed by atoms with E-state index in [1.54, 1.807) is 18.0 Å². The lowest BCUT2D eigenvalue weighted by molar-refractivity contribution is -0.147. The molecular formula is C15H16N2O3. The lowest BCUT2D eigenvalue weighted by atomic mass is 9.90. The normalized spacial score (nSPS) is 22.4. The average molecular weight is 272 g/mol. The minimum Gasteiger partial charge on any atom is -0.481 e. The van der Waals surface area contributed by atoms with E-state index < -0.39 is 11.4 Å². The highest BCUT2D eigenvalue weighted by Crippen LogP contribution is 2.31. The molecule has 3 heterocycles. The number of carbonyl (C=O) groups excluding carboxylic acids is 1. The molecular weight excluding hydrogens is 256 g/mol. The molecule has 20 heavy (non-hydrogen) atoms. The molecule has 0 spiro atoms. The Bertz CT molecular complexity index is 658. The van der Waals surface area contributed by atoms with Crippen LogP contribution in [0.25, 0.3) is 5.52 Å². The highest BCUT2D eigenvalue weighted by Gasteiger charge is 2.42. The van der Waals surface area contributed by atoms with Gasteiger partial charge in [-0.2, -0.15) is 0 Å². The highest BCUT2D eigenvalue weighted by molar-refractivity contribution is 5.96.